The summed E-state index contributed by atoms with van der Waals surface area (Å²) in [5.41, 5.74) is 4.99. The summed E-state index contributed by atoms with van der Waals surface area (Å²) in [7, 11) is 0. The number of aryl methyl sites for hydroxylation is 1. The van der Waals surface area contributed by atoms with Gasteiger partial charge in [0.05, 0.1) is 0 Å². The lowest BCUT2D eigenvalue weighted by Gasteiger charge is -2.28. The van der Waals surface area contributed by atoms with Gasteiger partial charge in [-0.2, -0.15) is 0 Å². The number of oxazole rings is 1. The van der Waals surface area contributed by atoms with E-state index in [2.05, 4.69) is 44.8 Å². The zero-order valence-electron chi connectivity index (χ0n) is 14.8. The minimum absolute atomic E-state index is 0.207. The van der Waals surface area contributed by atoms with Crippen LogP contribution in [-0.4, -0.2) is 35.5 Å². The van der Waals surface area contributed by atoms with Crippen molar-refractivity contribution >= 4 is 22.8 Å². The van der Waals surface area contributed by atoms with E-state index in [0.29, 0.717) is 18.1 Å². The molecule has 2 aromatic carbocycles. The molecule has 0 unspecified atom stereocenters. The van der Waals surface area contributed by atoms with Crippen LogP contribution in [0, 0.1) is 6.92 Å². The largest absolute Gasteiger partial charge is 0.441 e. The first-order chi connectivity index (χ1) is 12.7. The Bertz CT molecular complexity index is 934. The van der Waals surface area contributed by atoms with Crippen molar-refractivity contribution in [3.8, 4) is 0 Å². The zero-order chi connectivity index (χ0) is 17.9. The molecule has 0 fully saturated rings. The lowest BCUT2D eigenvalue weighted by atomic mass is 10.00. The molecule has 0 saturated carbocycles. The fourth-order valence-corrected chi connectivity index (χ4v) is 3.37. The van der Waals surface area contributed by atoms with Gasteiger partial charge in [-0.3, -0.25) is 4.90 Å². The van der Waals surface area contributed by atoms with Crippen molar-refractivity contribution in [2.24, 2.45) is 0 Å². The van der Waals surface area contributed by atoms with Crippen LogP contribution in [0.25, 0.3) is 11.1 Å². The number of nitrogens with one attached hydrogen (secondary N) is 2. The number of urea groups is 1. The molecule has 0 atom stereocenters. The van der Waals surface area contributed by atoms with Crippen molar-refractivity contribution < 1.29 is 9.21 Å². The number of hydrogen-bond acceptors (Lipinski definition) is 4. The minimum atomic E-state index is -0.207. The smallest absolute Gasteiger partial charge is 0.319 e. The summed E-state index contributed by atoms with van der Waals surface area (Å²) >= 11 is 0. The van der Waals surface area contributed by atoms with Crippen molar-refractivity contribution in [1.29, 1.82) is 0 Å². The molecule has 134 valence electrons. The summed E-state index contributed by atoms with van der Waals surface area (Å²) in [6.07, 6.45) is 1.07. The number of benzene rings is 2. The van der Waals surface area contributed by atoms with Gasteiger partial charge in [0.25, 0.3) is 0 Å². The number of amides is 2. The second-order valence-electron chi connectivity index (χ2n) is 6.59. The highest BCUT2D eigenvalue weighted by Crippen LogP contribution is 2.20. The number of carbonyl (C=O) groups excluding carboxylic acids is 1. The fourth-order valence-electron chi connectivity index (χ4n) is 3.37. The van der Waals surface area contributed by atoms with Crippen molar-refractivity contribution in [1.82, 2.24) is 15.2 Å². The first-order valence-corrected chi connectivity index (χ1v) is 8.88. The standard InChI is InChI=1S/C20H22N4O2/c1-14-22-18-12-17(6-7-19(18)26-14)23-20(25)21-9-11-24-10-8-15-4-2-3-5-16(15)13-24/h2-7,12H,8-11,13H2,1H3,(H2,21,23,25). The Hall–Kier alpha value is -2.86. The van der Waals surface area contributed by atoms with Gasteiger partial charge in [0.2, 0.25) is 0 Å². The Morgan fingerprint density at radius 3 is 2.96 bits per heavy atom. The number of nitrogens with zero attached hydrogens (tertiary/aromatic N) is 2. The second kappa shape index (κ2) is 7.17. The third-order valence-corrected chi connectivity index (χ3v) is 4.68. The predicted molar refractivity (Wildman–Crippen MR) is 101 cm³/mol. The molecule has 0 radical (unpaired) electrons. The molecule has 26 heavy (non-hydrogen) atoms. The average Bonchev–Trinajstić information content (AvgIpc) is 3.01. The number of carbonyl (C=O) groups is 1. The van der Waals surface area contributed by atoms with Gasteiger partial charge in [-0.15, -0.1) is 0 Å². The summed E-state index contributed by atoms with van der Waals surface area (Å²) in [6, 6.07) is 13.8. The van der Waals surface area contributed by atoms with Crippen LogP contribution in [0.3, 0.4) is 0 Å². The van der Waals surface area contributed by atoms with Crippen molar-refractivity contribution in [3.05, 3.63) is 59.5 Å². The third-order valence-electron chi connectivity index (χ3n) is 4.68. The van der Waals surface area contributed by atoms with Crippen LogP contribution in [0.5, 0.6) is 0 Å². The van der Waals surface area contributed by atoms with E-state index in [4.69, 9.17) is 4.42 Å². The van der Waals surface area contributed by atoms with Gasteiger partial charge in [-0.1, -0.05) is 24.3 Å². The van der Waals surface area contributed by atoms with Crippen molar-refractivity contribution in [3.63, 3.8) is 0 Å². The van der Waals surface area contributed by atoms with E-state index in [1.165, 1.54) is 11.1 Å². The quantitative estimate of drug-likeness (QED) is 0.757. The summed E-state index contributed by atoms with van der Waals surface area (Å²) in [4.78, 5) is 18.8. The Labute approximate surface area is 152 Å². The molecule has 0 bridgehead atoms. The second-order valence-corrected chi connectivity index (χ2v) is 6.59. The van der Waals surface area contributed by atoms with Gasteiger partial charge >= 0.3 is 6.03 Å². The molecule has 1 aliphatic rings. The molecule has 0 aliphatic carbocycles. The lowest BCUT2D eigenvalue weighted by molar-refractivity contribution is 0.239. The van der Waals surface area contributed by atoms with E-state index in [-0.39, 0.29) is 6.03 Å². The first-order valence-electron chi connectivity index (χ1n) is 8.88. The van der Waals surface area contributed by atoms with Gasteiger partial charge in [-0.05, 0) is 35.7 Å². The molecular weight excluding hydrogens is 328 g/mol. The van der Waals surface area contributed by atoms with E-state index in [9.17, 15) is 4.79 Å². The van der Waals surface area contributed by atoms with Crippen LogP contribution in [-0.2, 0) is 13.0 Å². The number of rotatable bonds is 4. The number of anilines is 1. The average molecular weight is 350 g/mol. The summed E-state index contributed by atoms with van der Waals surface area (Å²) < 4.78 is 5.44. The molecule has 0 saturated heterocycles. The SMILES string of the molecule is Cc1nc2cc(NC(=O)NCCN3CCc4ccccc4C3)ccc2o1. The molecule has 4 rings (SSSR count). The molecule has 0 spiro atoms. The van der Waals surface area contributed by atoms with Crippen molar-refractivity contribution in [2.75, 3.05) is 25.0 Å². The number of fused-ring (bicyclic) bond motifs is 2. The van der Waals surface area contributed by atoms with E-state index in [0.717, 1.165) is 37.2 Å². The highest BCUT2D eigenvalue weighted by molar-refractivity contribution is 5.91. The van der Waals surface area contributed by atoms with Gasteiger partial charge in [0.1, 0.15) is 5.52 Å². The highest BCUT2D eigenvalue weighted by atomic mass is 16.3. The van der Waals surface area contributed by atoms with Crippen LogP contribution in [0.4, 0.5) is 10.5 Å². The van der Waals surface area contributed by atoms with Gasteiger partial charge in [0.15, 0.2) is 11.5 Å². The Morgan fingerprint density at radius 2 is 2.08 bits per heavy atom. The van der Waals surface area contributed by atoms with Gasteiger partial charge in [-0.25, -0.2) is 9.78 Å². The molecule has 6 heteroatoms. The van der Waals surface area contributed by atoms with E-state index in [1.807, 2.05) is 18.2 Å². The maximum Gasteiger partial charge on any atom is 0.319 e. The van der Waals surface area contributed by atoms with E-state index in [1.54, 1.807) is 6.92 Å². The molecule has 2 heterocycles. The van der Waals surface area contributed by atoms with Crippen LogP contribution in [0.1, 0.15) is 17.0 Å². The fraction of sp³-hybridized carbons (Fsp3) is 0.300. The summed E-state index contributed by atoms with van der Waals surface area (Å²) in [5.74, 6) is 0.615. The monoisotopic (exact) mass is 350 g/mol. The van der Waals surface area contributed by atoms with Crippen LogP contribution in [0.2, 0.25) is 0 Å². The molecule has 2 N–H and O–H groups in total. The summed E-state index contributed by atoms with van der Waals surface area (Å²) in [6.45, 7) is 5.23. The minimum Gasteiger partial charge on any atom is -0.441 e. The topological polar surface area (TPSA) is 70.4 Å². The molecule has 1 aliphatic heterocycles. The maximum absolute atomic E-state index is 12.1. The molecule has 2 amide bonds. The predicted octanol–water partition coefficient (Wildman–Crippen LogP) is 3.32. The van der Waals surface area contributed by atoms with E-state index >= 15 is 0 Å². The third kappa shape index (κ3) is 3.70. The van der Waals surface area contributed by atoms with Crippen LogP contribution >= 0.6 is 0 Å². The van der Waals surface area contributed by atoms with Gasteiger partial charge < -0.3 is 15.1 Å². The normalized spacial score (nSPS) is 14.2. The van der Waals surface area contributed by atoms with Gasteiger partial charge in [0, 0.05) is 38.8 Å². The Kier molecular flexibility index (Phi) is 4.58. The number of aromatic nitrogens is 1. The first kappa shape index (κ1) is 16.6. The molecule has 6 nitrogen and oxygen atoms in total. The lowest BCUT2D eigenvalue weighted by Crippen LogP contribution is -2.39. The highest BCUT2D eigenvalue weighted by Gasteiger charge is 2.15. The number of hydrogen-bond donors (Lipinski definition) is 2. The zero-order valence-corrected chi connectivity index (χ0v) is 14.8. The molecule has 1 aromatic heterocycles. The molecule has 3 aromatic rings. The van der Waals surface area contributed by atoms with E-state index < -0.39 is 0 Å². The van der Waals surface area contributed by atoms with Crippen molar-refractivity contribution in [2.45, 2.75) is 19.9 Å². The summed E-state index contributed by atoms with van der Waals surface area (Å²) in [5, 5.41) is 5.77. The maximum atomic E-state index is 12.1. The van der Waals surface area contributed by atoms with Crippen LogP contribution in [0.15, 0.2) is 46.9 Å². The molecular formula is C20H22N4O2. The van der Waals surface area contributed by atoms with Crippen LogP contribution < -0.4 is 10.6 Å². The Morgan fingerprint density at radius 1 is 1.23 bits per heavy atom. The Balaban J connectivity index is 1.26.